The molecular weight excluding hydrogens is 270 g/mol. The van der Waals surface area contributed by atoms with E-state index in [0.717, 1.165) is 13.1 Å². The van der Waals surface area contributed by atoms with Crippen LogP contribution in [0.5, 0.6) is 0 Å². The molecule has 1 aliphatic heterocycles. The third-order valence-electron chi connectivity index (χ3n) is 3.10. The minimum Gasteiger partial charge on any atom is -0.326 e. The van der Waals surface area contributed by atoms with Gasteiger partial charge in [0, 0.05) is 18.2 Å². The van der Waals surface area contributed by atoms with Gasteiger partial charge in [-0.1, -0.05) is 11.6 Å². The topological polar surface area (TPSA) is 84.3 Å². The van der Waals surface area contributed by atoms with Gasteiger partial charge in [-0.25, -0.2) is 0 Å². The highest BCUT2D eigenvalue weighted by molar-refractivity contribution is 6.33. The van der Waals surface area contributed by atoms with Crippen molar-refractivity contribution in [1.29, 1.82) is 0 Å². The highest BCUT2D eigenvalue weighted by atomic mass is 35.5. The molecular formula is C12H14ClN3O3. The molecule has 0 atom stereocenters. The number of halogens is 1. The van der Waals surface area contributed by atoms with Crippen molar-refractivity contribution in [2.75, 3.05) is 18.4 Å². The number of anilines is 1. The summed E-state index contributed by atoms with van der Waals surface area (Å²) in [6.45, 7) is 3.41. The molecule has 1 amide bonds. The van der Waals surface area contributed by atoms with Gasteiger partial charge in [-0.05, 0) is 37.6 Å². The highest BCUT2D eigenvalue weighted by Crippen LogP contribution is 2.30. The number of amides is 1. The van der Waals surface area contributed by atoms with E-state index in [1.54, 1.807) is 6.92 Å². The monoisotopic (exact) mass is 283 g/mol. The molecule has 1 aromatic rings. The molecule has 1 aromatic carbocycles. The molecule has 0 aliphatic carbocycles. The molecule has 6 nitrogen and oxygen atoms in total. The van der Waals surface area contributed by atoms with Gasteiger partial charge in [0.05, 0.1) is 4.92 Å². The first-order chi connectivity index (χ1) is 8.97. The number of aryl methyl sites for hydroxylation is 1. The molecule has 1 aliphatic rings. The molecule has 0 aromatic heterocycles. The number of hydrogen-bond acceptors (Lipinski definition) is 4. The Bertz CT molecular complexity index is 529. The Labute approximate surface area is 115 Å². The lowest BCUT2D eigenvalue weighted by Crippen LogP contribution is -2.43. The fraction of sp³-hybridized carbons (Fsp3) is 0.417. The number of carbonyl (C=O) groups excluding carboxylic acids is 1. The van der Waals surface area contributed by atoms with Crippen LogP contribution >= 0.6 is 11.6 Å². The number of benzene rings is 1. The second-order valence-electron chi connectivity index (χ2n) is 4.65. The van der Waals surface area contributed by atoms with E-state index >= 15 is 0 Å². The van der Waals surface area contributed by atoms with E-state index in [1.165, 1.54) is 12.1 Å². The summed E-state index contributed by atoms with van der Waals surface area (Å²) < 4.78 is 0. The van der Waals surface area contributed by atoms with Gasteiger partial charge in [0.15, 0.2) is 0 Å². The van der Waals surface area contributed by atoms with Crippen molar-refractivity contribution in [1.82, 2.24) is 5.32 Å². The zero-order valence-corrected chi connectivity index (χ0v) is 11.2. The number of nitrogens with one attached hydrogen (secondary N) is 2. The lowest BCUT2D eigenvalue weighted by Gasteiger charge is -2.26. The largest absolute Gasteiger partial charge is 0.326 e. The molecule has 7 heteroatoms. The van der Waals surface area contributed by atoms with Gasteiger partial charge in [0.2, 0.25) is 5.91 Å². The number of rotatable bonds is 4. The standard InChI is InChI=1S/C12H14ClN3O3/c1-7-2-11(16(18)19)9(13)4-10(7)15-12(17)3-8-5-14-6-8/h2,4,8,14H,3,5-6H2,1H3,(H,15,17). The molecule has 0 bridgehead atoms. The first-order valence-electron chi connectivity index (χ1n) is 5.92. The van der Waals surface area contributed by atoms with Gasteiger partial charge in [-0.3, -0.25) is 14.9 Å². The molecule has 0 saturated carbocycles. The van der Waals surface area contributed by atoms with Crippen LogP contribution in [-0.2, 0) is 4.79 Å². The van der Waals surface area contributed by atoms with Crippen LogP contribution in [0.1, 0.15) is 12.0 Å². The van der Waals surface area contributed by atoms with Crippen molar-refractivity contribution in [3.8, 4) is 0 Å². The lowest BCUT2D eigenvalue weighted by atomic mass is 9.99. The molecule has 1 fully saturated rings. The van der Waals surface area contributed by atoms with Crippen LogP contribution in [0.15, 0.2) is 12.1 Å². The maximum Gasteiger partial charge on any atom is 0.288 e. The first kappa shape index (κ1) is 13.8. The van der Waals surface area contributed by atoms with E-state index in [4.69, 9.17) is 11.6 Å². The Morgan fingerprint density at radius 2 is 2.26 bits per heavy atom. The second-order valence-corrected chi connectivity index (χ2v) is 5.06. The maximum absolute atomic E-state index is 11.8. The molecule has 2 N–H and O–H groups in total. The summed E-state index contributed by atoms with van der Waals surface area (Å²) in [4.78, 5) is 22.0. The minimum atomic E-state index is -0.541. The van der Waals surface area contributed by atoms with Gasteiger partial charge in [0.1, 0.15) is 5.02 Å². The van der Waals surface area contributed by atoms with Crippen molar-refractivity contribution in [3.63, 3.8) is 0 Å². The number of carbonyl (C=O) groups is 1. The fourth-order valence-corrected chi connectivity index (χ4v) is 2.13. The van der Waals surface area contributed by atoms with E-state index < -0.39 is 4.92 Å². The summed E-state index contributed by atoms with van der Waals surface area (Å²) in [5.41, 5.74) is 0.990. The number of nitro groups is 1. The summed E-state index contributed by atoms with van der Waals surface area (Å²) in [7, 11) is 0. The van der Waals surface area contributed by atoms with Crippen molar-refractivity contribution < 1.29 is 9.72 Å². The molecule has 0 unspecified atom stereocenters. The van der Waals surface area contributed by atoms with Crippen LogP contribution in [0.3, 0.4) is 0 Å². The average molecular weight is 284 g/mol. The quantitative estimate of drug-likeness (QED) is 0.655. The Morgan fingerprint density at radius 3 is 2.79 bits per heavy atom. The third kappa shape index (κ3) is 3.21. The summed E-state index contributed by atoms with van der Waals surface area (Å²) in [5, 5.41) is 16.6. The van der Waals surface area contributed by atoms with E-state index in [1.807, 2.05) is 0 Å². The first-order valence-corrected chi connectivity index (χ1v) is 6.30. The Balaban J connectivity index is 2.09. The van der Waals surface area contributed by atoms with Gasteiger partial charge in [0.25, 0.3) is 5.69 Å². The second kappa shape index (κ2) is 5.54. The molecule has 102 valence electrons. The number of hydrogen-bond donors (Lipinski definition) is 2. The van der Waals surface area contributed by atoms with Gasteiger partial charge < -0.3 is 10.6 Å². The van der Waals surface area contributed by atoms with Crippen LogP contribution in [0.25, 0.3) is 0 Å². The lowest BCUT2D eigenvalue weighted by molar-refractivity contribution is -0.384. The van der Waals surface area contributed by atoms with Gasteiger partial charge in [-0.2, -0.15) is 0 Å². The smallest absolute Gasteiger partial charge is 0.288 e. The van der Waals surface area contributed by atoms with Crippen molar-refractivity contribution >= 4 is 28.9 Å². The SMILES string of the molecule is Cc1cc([N+](=O)[O-])c(Cl)cc1NC(=O)CC1CNC1. The normalized spacial score (nSPS) is 14.8. The Kier molecular flexibility index (Phi) is 4.01. The number of nitro benzene ring substituents is 1. The molecule has 1 heterocycles. The summed E-state index contributed by atoms with van der Waals surface area (Å²) in [5.74, 6) is 0.272. The minimum absolute atomic E-state index is 0.0243. The molecule has 1 saturated heterocycles. The van der Waals surface area contributed by atoms with Crippen molar-refractivity contribution in [3.05, 3.63) is 32.8 Å². The van der Waals surface area contributed by atoms with E-state index in [0.29, 0.717) is 23.6 Å². The van der Waals surface area contributed by atoms with E-state index in [9.17, 15) is 14.9 Å². The van der Waals surface area contributed by atoms with Crippen LogP contribution in [-0.4, -0.2) is 23.9 Å². The highest BCUT2D eigenvalue weighted by Gasteiger charge is 2.21. The number of nitrogens with zero attached hydrogens (tertiary/aromatic N) is 1. The van der Waals surface area contributed by atoms with Crippen molar-refractivity contribution in [2.45, 2.75) is 13.3 Å². The molecule has 2 rings (SSSR count). The summed E-state index contributed by atoms with van der Waals surface area (Å²) in [6, 6.07) is 2.79. The molecule has 19 heavy (non-hydrogen) atoms. The fourth-order valence-electron chi connectivity index (χ4n) is 1.90. The van der Waals surface area contributed by atoms with Crippen LogP contribution < -0.4 is 10.6 Å². The van der Waals surface area contributed by atoms with Crippen LogP contribution in [0.4, 0.5) is 11.4 Å². The zero-order valence-electron chi connectivity index (χ0n) is 10.4. The van der Waals surface area contributed by atoms with Crippen molar-refractivity contribution in [2.24, 2.45) is 5.92 Å². The summed E-state index contributed by atoms with van der Waals surface area (Å²) in [6.07, 6.45) is 0.445. The summed E-state index contributed by atoms with van der Waals surface area (Å²) >= 11 is 5.82. The van der Waals surface area contributed by atoms with Gasteiger partial charge in [-0.15, -0.1) is 0 Å². The third-order valence-corrected chi connectivity index (χ3v) is 3.41. The van der Waals surface area contributed by atoms with Gasteiger partial charge >= 0.3 is 0 Å². The molecule has 0 radical (unpaired) electrons. The average Bonchev–Trinajstić information content (AvgIpc) is 2.28. The zero-order chi connectivity index (χ0) is 14.0. The maximum atomic E-state index is 11.8. The predicted octanol–water partition coefficient (Wildman–Crippen LogP) is 2.10. The van der Waals surface area contributed by atoms with E-state index in [2.05, 4.69) is 10.6 Å². The predicted molar refractivity (Wildman–Crippen MR) is 72.4 cm³/mol. The Hall–Kier alpha value is -1.66. The Morgan fingerprint density at radius 1 is 1.58 bits per heavy atom. The van der Waals surface area contributed by atoms with Crippen LogP contribution in [0, 0.1) is 23.0 Å². The van der Waals surface area contributed by atoms with Crippen LogP contribution in [0.2, 0.25) is 5.02 Å². The van der Waals surface area contributed by atoms with E-state index in [-0.39, 0.29) is 16.6 Å². The molecule has 0 spiro atoms.